The van der Waals surface area contributed by atoms with Crippen LogP contribution in [0.25, 0.3) is 0 Å². The number of aromatic nitrogens is 2. The molecule has 0 aliphatic rings. The molecule has 0 bridgehead atoms. The summed E-state index contributed by atoms with van der Waals surface area (Å²) in [4.78, 5) is 11.0. The monoisotopic (exact) mass is 272 g/mol. The maximum atomic E-state index is 5.41. The Bertz CT molecular complexity index is 613. The van der Waals surface area contributed by atoms with Crippen LogP contribution < -0.4 is 15.0 Å². The molecule has 0 saturated heterocycles. The first-order valence-corrected chi connectivity index (χ1v) is 6.48. The van der Waals surface area contributed by atoms with Crippen molar-refractivity contribution in [2.24, 2.45) is 0 Å². The van der Waals surface area contributed by atoms with Gasteiger partial charge in [0.05, 0.1) is 12.8 Å². The number of ether oxygens (including phenoxy) is 1. The van der Waals surface area contributed by atoms with Crippen molar-refractivity contribution in [2.45, 2.75) is 13.8 Å². The zero-order valence-corrected chi connectivity index (χ0v) is 12.6. The van der Waals surface area contributed by atoms with Gasteiger partial charge in [-0.25, -0.2) is 9.97 Å². The molecule has 1 heterocycles. The van der Waals surface area contributed by atoms with Gasteiger partial charge in [-0.1, -0.05) is 12.1 Å². The summed E-state index contributed by atoms with van der Waals surface area (Å²) in [6, 6.07) is 7.88. The fourth-order valence-corrected chi connectivity index (χ4v) is 2.20. The molecule has 0 spiro atoms. The van der Waals surface area contributed by atoms with Gasteiger partial charge >= 0.3 is 0 Å². The summed E-state index contributed by atoms with van der Waals surface area (Å²) in [5.41, 5.74) is 1.98. The van der Waals surface area contributed by atoms with Crippen molar-refractivity contribution in [3.8, 4) is 5.75 Å². The largest absolute Gasteiger partial charge is 0.495 e. The molecule has 5 nitrogen and oxygen atoms in total. The number of nitrogens with one attached hydrogen (secondary N) is 1. The fraction of sp³-hybridized carbons (Fsp3) is 0.333. The van der Waals surface area contributed by atoms with E-state index in [1.54, 1.807) is 7.11 Å². The van der Waals surface area contributed by atoms with Crippen LogP contribution in [0.15, 0.2) is 24.3 Å². The van der Waals surface area contributed by atoms with E-state index >= 15 is 0 Å². The third kappa shape index (κ3) is 2.52. The van der Waals surface area contributed by atoms with Crippen LogP contribution in [0, 0.1) is 13.8 Å². The molecule has 0 aliphatic carbocycles. The summed E-state index contributed by atoms with van der Waals surface area (Å²) in [5, 5.41) is 3.10. The van der Waals surface area contributed by atoms with E-state index in [1.165, 1.54) is 0 Å². The van der Waals surface area contributed by atoms with Crippen molar-refractivity contribution in [3.63, 3.8) is 0 Å². The second kappa shape index (κ2) is 5.77. The lowest BCUT2D eigenvalue weighted by atomic mass is 10.2. The lowest BCUT2D eigenvalue weighted by Crippen LogP contribution is -2.16. The number of hydrogen-bond acceptors (Lipinski definition) is 5. The number of benzene rings is 1. The van der Waals surface area contributed by atoms with Crippen LogP contribution in [0.2, 0.25) is 0 Å². The summed E-state index contributed by atoms with van der Waals surface area (Å²) in [6.07, 6.45) is 0. The predicted molar refractivity (Wildman–Crippen MR) is 82.1 cm³/mol. The molecule has 0 amide bonds. The molecule has 1 N–H and O–H groups in total. The Morgan fingerprint density at radius 1 is 1.15 bits per heavy atom. The summed E-state index contributed by atoms with van der Waals surface area (Å²) in [5.74, 6) is 3.26. The molecular formula is C15H20N4O. The van der Waals surface area contributed by atoms with Crippen LogP contribution in [-0.2, 0) is 0 Å². The summed E-state index contributed by atoms with van der Waals surface area (Å²) >= 11 is 0. The number of methoxy groups -OCH3 is 1. The maximum absolute atomic E-state index is 5.41. The molecule has 106 valence electrons. The first-order chi connectivity index (χ1) is 9.58. The number of rotatable bonds is 4. The standard InChI is InChI=1S/C15H20N4O/c1-10-14(16-3)17-11(2)18-15(10)19(4)12-8-6-7-9-13(12)20-5/h6-9H,1-5H3,(H,16,17,18). The van der Waals surface area contributed by atoms with Gasteiger partial charge in [0, 0.05) is 19.7 Å². The van der Waals surface area contributed by atoms with Crippen molar-refractivity contribution >= 4 is 17.3 Å². The molecule has 2 rings (SSSR count). The Morgan fingerprint density at radius 2 is 1.85 bits per heavy atom. The summed E-state index contributed by atoms with van der Waals surface area (Å²) < 4.78 is 5.41. The molecule has 0 radical (unpaired) electrons. The van der Waals surface area contributed by atoms with Gasteiger partial charge in [-0.05, 0) is 26.0 Å². The molecule has 0 atom stereocenters. The molecule has 20 heavy (non-hydrogen) atoms. The number of aryl methyl sites for hydroxylation is 1. The minimum absolute atomic E-state index is 0.733. The highest BCUT2D eigenvalue weighted by atomic mass is 16.5. The van der Waals surface area contributed by atoms with Gasteiger partial charge in [0.1, 0.15) is 23.2 Å². The van der Waals surface area contributed by atoms with Crippen LogP contribution in [0.4, 0.5) is 17.3 Å². The van der Waals surface area contributed by atoms with Crippen molar-refractivity contribution < 1.29 is 4.74 Å². The van der Waals surface area contributed by atoms with Gasteiger partial charge in [0.2, 0.25) is 0 Å². The van der Waals surface area contributed by atoms with Crippen molar-refractivity contribution in [3.05, 3.63) is 35.7 Å². The predicted octanol–water partition coefficient (Wildman–Crippen LogP) is 2.91. The highest BCUT2D eigenvalue weighted by molar-refractivity contribution is 5.70. The van der Waals surface area contributed by atoms with Gasteiger partial charge in [-0.15, -0.1) is 0 Å². The van der Waals surface area contributed by atoms with Crippen LogP contribution in [0.3, 0.4) is 0 Å². The van der Waals surface area contributed by atoms with Gasteiger partial charge in [0.15, 0.2) is 0 Å². The number of anilines is 3. The quantitative estimate of drug-likeness (QED) is 0.927. The molecule has 1 aromatic heterocycles. The normalized spacial score (nSPS) is 10.2. The lowest BCUT2D eigenvalue weighted by molar-refractivity contribution is 0.415. The molecule has 2 aromatic rings. The minimum Gasteiger partial charge on any atom is -0.495 e. The van der Waals surface area contributed by atoms with E-state index in [9.17, 15) is 0 Å². The van der Waals surface area contributed by atoms with E-state index in [1.807, 2.05) is 57.1 Å². The Labute approximate surface area is 119 Å². The summed E-state index contributed by atoms with van der Waals surface area (Å²) in [6.45, 7) is 3.90. The zero-order chi connectivity index (χ0) is 14.7. The highest BCUT2D eigenvalue weighted by Gasteiger charge is 2.16. The van der Waals surface area contributed by atoms with Crippen LogP contribution in [0.1, 0.15) is 11.4 Å². The van der Waals surface area contributed by atoms with Crippen LogP contribution in [0.5, 0.6) is 5.75 Å². The van der Waals surface area contributed by atoms with Crippen LogP contribution >= 0.6 is 0 Å². The Balaban J connectivity index is 2.53. The molecule has 0 unspecified atom stereocenters. The van der Waals surface area contributed by atoms with E-state index < -0.39 is 0 Å². The number of hydrogen-bond donors (Lipinski definition) is 1. The van der Waals surface area contributed by atoms with Crippen molar-refractivity contribution in [2.75, 3.05) is 31.4 Å². The third-order valence-corrected chi connectivity index (χ3v) is 3.23. The third-order valence-electron chi connectivity index (χ3n) is 3.23. The van der Waals surface area contributed by atoms with Crippen molar-refractivity contribution in [1.82, 2.24) is 9.97 Å². The second-order valence-electron chi connectivity index (χ2n) is 4.55. The van der Waals surface area contributed by atoms with E-state index in [2.05, 4.69) is 15.3 Å². The average molecular weight is 272 g/mol. The molecule has 0 fully saturated rings. The SMILES string of the molecule is CNc1nc(C)nc(N(C)c2ccccc2OC)c1C. The molecule has 0 saturated carbocycles. The summed E-state index contributed by atoms with van der Waals surface area (Å²) in [7, 11) is 5.51. The van der Waals surface area contributed by atoms with E-state index in [-0.39, 0.29) is 0 Å². The second-order valence-corrected chi connectivity index (χ2v) is 4.55. The smallest absolute Gasteiger partial charge is 0.142 e. The minimum atomic E-state index is 0.733. The molecule has 5 heteroatoms. The van der Waals surface area contributed by atoms with Gasteiger partial charge in [-0.2, -0.15) is 0 Å². The van der Waals surface area contributed by atoms with Gasteiger partial charge < -0.3 is 15.0 Å². The first-order valence-electron chi connectivity index (χ1n) is 6.48. The molecular weight excluding hydrogens is 252 g/mol. The van der Waals surface area contributed by atoms with Gasteiger partial charge in [0.25, 0.3) is 0 Å². The zero-order valence-electron chi connectivity index (χ0n) is 12.6. The number of para-hydroxylation sites is 2. The first kappa shape index (κ1) is 14.1. The van der Waals surface area contributed by atoms with Crippen LogP contribution in [-0.4, -0.2) is 31.2 Å². The maximum Gasteiger partial charge on any atom is 0.142 e. The topological polar surface area (TPSA) is 50.3 Å². The Morgan fingerprint density at radius 3 is 2.50 bits per heavy atom. The Kier molecular flexibility index (Phi) is 4.08. The fourth-order valence-electron chi connectivity index (χ4n) is 2.20. The van der Waals surface area contributed by atoms with E-state index in [0.717, 1.165) is 34.5 Å². The molecule has 0 aliphatic heterocycles. The highest BCUT2D eigenvalue weighted by Crippen LogP contribution is 2.34. The van der Waals surface area contributed by atoms with Gasteiger partial charge in [-0.3, -0.25) is 0 Å². The van der Waals surface area contributed by atoms with E-state index in [4.69, 9.17) is 4.74 Å². The van der Waals surface area contributed by atoms with E-state index in [0.29, 0.717) is 0 Å². The Hall–Kier alpha value is -2.30. The molecule has 1 aromatic carbocycles. The average Bonchev–Trinajstić information content (AvgIpc) is 2.48. The number of nitrogens with zero attached hydrogens (tertiary/aromatic N) is 3. The lowest BCUT2D eigenvalue weighted by Gasteiger charge is -2.23. The van der Waals surface area contributed by atoms with Crippen molar-refractivity contribution in [1.29, 1.82) is 0 Å².